The second-order valence-electron chi connectivity index (χ2n) is 8.78. The number of rotatable bonds is 10. The summed E-state index contributed by atoms with van der Waals surface area (Å²) in [6.07, 6.45) is 2.55. The topological polar surface area (TPSA) is 104 Å². The summed E-state index contributed by atoms with van der Waals surface area (Å²) in [5.41, 5.74) is 0.840. The highest BCUT2D eigenvalue weighted by Crippen LogP contribution is 2.39. The third-order valence-corrected chi connectivity index (χ3v) is 8.34. The van der Waals surface area contributed by atoms with Crippen LogP contribution in [0.1, 0.15) is 30.0 Å². The molecule has 1 aromatic carbocycles. The average Bonchev–Trinajstić information content (AvgIpc) is 3.46. The molecule has 0 saturated carbocycles. The first-order valence-electron chi connectivity index (χ1n) is 12.4. The van der Waals surface area contributed by atoms with Crippen LogP contribution in [0.3, 0.4) is 0 Å². The third-order valence-electron chi connectivity index (χ3n) is 6.23. The molecule has 0 radical (unpaired) electrons. The molecule has 40 heavy (non-hydrogen) atoms. The van der Waals surface area contributed by atoms with Gasteiger partial charge in [0.05, 0.1) is 18.7 Å². The van der Waals surface area contributed by atoms with Crippen LogP contribution in [-0.4, -0.2) is 83.9 Å². The number of amidine groups is 1. The zero-order valence-corrected chi connectivity index (χ0v) is 24.3. The van der Waals surface area contributed by atoms with Gasteiger partial charge in [0.15, 0.2) is 10.8 Å². The Bertz CT molecular complexity index is 1230. The zero-order chi connectivity index (χ0) is 29.3. The molecule has 2 atom stereocenters. The number of aldehydes is 1. The Balaban J connectivity index is 0.00000216. The minimum Gasteiger partial charge on any atom is -0.463 e. The van der Waals surface area contributed by atoms with Crippen LogP contribution in [0.15, 0.2) is 46.0 Å². The van der Waals surface area contributed by atoms with Crippen molar-refractivity contribution >= 4 is 52.8 Å². The summed E-state index contributed by atoms with van der Waals surface area (Å²) in [6.45, 7) is 1.61. The lowest BCUT2D eigenvalue weighted by Gasteiger charge is -2.39. The molecule has 4 rings (SSSR count). The molecule has 8 nitrogen and oxygen atoms in total. The third kappa shape index (κ3) is 7.84. The van der Waals surface area contributed by atoms with Gasteiger partial charge in [0.25, 0.3) is 5.92 Å². The van der Waals surface area contributed by atoms with Gasteiger partial charge in [0.2, 0.25) is 0 Å². The molecule has 2 aliphatic heterocycles. The van der Waals surface area contributed by atoms with Crippen molar-refractivity contribution in [2.45, 2.75) is 25.3 Å². The number of thiazole rings is 1. The Labute approximate surface area is 243 Å². The Hall–Kier alpha value is -2.45. The maximum atomic E-state index is 15.1. The second kappa shape index (κ2) is 15.0. The molecule has 0 aliphatic carbocycles. The number of aliphatic imine (C=N–C) groups is 1. The van der Waals surface area contributed by atoms with Crippen LogP contribution < -0.4 is 5.32 Å². The number of hydrogen-bond acceptors (Lipinski definition) is 10. The standard InChI is InChI=1S/C25H26ClF3N4O3S2.CH4O/c1-2-36-24(35)20-19(12-33-7-5-15(13-37-10-8-34)25(28,29)14-33)31-22(23-30-6-9-38-23)32-21(20)17-4-3-16(27)11-18(17)26;1-2/h3-4,6,8-9,11,15,21H,2,5,7,10,12-14H2,1H3,(H,31,32);2H,1H3/t15?,21-;/m0./s1. The molecule has 0 amide bonds. The highest BCUT2D eigenvalue weighted by atomic mass is 35.5. The number of aromatic nitrogens is 1. The van der Waals surface area contributed by atoms with E-state index in [1.807, 2.05) is 0 Å². The van der Waals surface area contributed by atoms with Gasteiger partial charge in [-0.15, -0.1) is 11.3 Å². The number of thioether (sulfide) groups is 1. The lowest BCUT2D eigenvalue weighted by molar-refractivity contribution is -0.139. The second-order valence-corrected chi connectivity index (χ2v) is 11.2. The number of ether oxygens (including phenoxy) is 1. The molecular formula is C26H30ClF3N4O4S2. The number of carbonyl (C=O) groups is 2. The van der Waals surface area contributed by atoms with E-state index < -0.39 is 36.2 Å². The first-order chi connectivity index (χ1) is 19.2. The van der Waals surface area contributed by atoms with Crippen molar-refractivity contribution in [3.05, 3.63) is 62.5 Å². The van der Waals surface area contributed by atoms with Crippen molar-refractivity contribution in [1.29, 1.82) is 0 Å². The van der Waals surface area contributed by atoms with Crippen molar-refractivity contribution in [2.75, 3.05) is 44.9 Å². The Morgan fingerprint density at radius 3 is 2.80 bits per heavy atom. The summed E-state index contributed by atoms with van der Waals surface area (Å²) in [7, 11) is 1.00. The van der Waals surface area contributed by atoms with Gasteiger partial charge < -0.3 is 20.0 Å². The number of alkyl halides is 2. The van der Waals surface area contributed by atoms with Gasteiger partial charge >= 0.3 is 5.97 Å². The summed E-state index contributed by atoms with van der Waals surface area (Å²) in [5.74, 6) is -4.31. The fraction of sp³-hybridized carbons (Fsp3) is 0.462. The molecule has 1 saturated heterocycles. The number of hydrogen-bond donors (Lipinski definition) is 2. The summed E-state index contributed by atoms with van der Waals surface area (Å²) in [6, 6.07) is 2.84. The predicted octanol–water partition coefficient (Wildman–Crippen LogP) is 4.34. The Morgan fingerprint density at radius 2 is 2.17 bits per heavy atom. The molecule has 218 valence electrons. The smallest absolute Gasteiger partial charge is 0.338 e. The lowest BCUT2D eigenvalue weighted by atomic mass is 9.93. The van der Waals surface area contributed by atoms with E-state index >= 15 is 8.78 Å². The monoisotopic (exact) mass is 618 g/mol. The quantitative estimate of drug-likeness (QED) is 0.230. The van der Waals surface area contributed by atoms with Crippen LogP contribution in [-0.2, 0) is 14.3 Å². The number of aliphatic hydroxyl groups is 1. The van der Waals surface area contributed by atoms with E-state index in [4.69, 9.17) is 21.4 Å². The van der Waals surface area contributed by atoms with Crippen LogP contribution in [0.25, 0.3) is 0 Å². The van der Waals surface area contributed by atoms with Gasteiger partial charge in [-0.25, -0.2) is 22.9 Å². The van der Waals surface area contributed by atoms with Crippen molar-refractivity contribution < 1.29 is 32.6 Å². The fourth-order valence-corrected chi connectivity index (χ4v) is 6.23. The largest absolute Gasteiger partial charge is 0.463 e. The Morgan fingerprint density at radius 1 is 1.40 bits per heavy atom. The van der Waals surface area contributed by atoms with Gasteiger partial charge in [0, 0.05) is 58.9 Å². The van der Waals surface area contributed by atoms with Gasteiger partial charge in [-0.3, -0.25) is 9.89 Å². The fourth-order valence-electron chi connectivity index (χ4n) is 4.45. The predicted molar refractivity (Wildman–Crippen MR) is 151 cm³/mol. The van der Waals surface area contributed by atoms with E-state index in [0.717, 1.165) is 13.2 Å². The van der Waals surface area contributed by atoms with E-state index in [1.54, 1.807) is 23.4 Å². The lowest BCUT2D eigenvalue weighted by Crippen LogP contribution is -2.51. The highest BCUT2D eigenvalue weighted by molar-refractivity contribution is 7.99. The average molecular weight is 619 g/mol. The summed E-state index contributed by atoms with van der Waals surface area (Å²) in [5, 5.41) is 12.5. The summed E-state index contributed by atoms with van der Waals surface area (Å²) >= 11 is 8.89. The molecule has 2 N–H and O–H groups in total. The zero-order valence-electron chi connectivity index (χ0n) is 21.9. The summed E-state index contributed by atoms with van der Waals surface area (Å²) < 4.78 is 49.3. The summed E-state index contributed by atoms with van der Waals surface area (Å²) in [4.78, 5) is 34.4. The molecule has 1 aromatic heterocycles. The normalized spacial score (nSPS) is 20.6. The molecular weight excluding hydrogens is 589 g/mol. The first kappa shape index (κ1) is 32.1. The molecule has 14 heteroatoms. The number of benzene rings is 1. The number of halogens is 4. The Kier molecular flexibility index (Phi) is 12.0. The van der Waals surface area contributed by atoms with Gasteiger partial charge in [-0.1, -0.05) is 17.7 Å². The van der Waals surface area contributed by atoms with Gasteiger partial charge in [-0.2, -0.15) is 11.8 Å². The minimum absolute atomic E-state index is 0.00233. The number of nitrogens with one attached hydrogen (secondary N) is 1. The molecule has 0 spiro atoms. The highest BCUT2D eigenvalue weighted by Gasteiger charge is 2.45. The maximum absolute atomic E-state index is 15.1. The molecule has 1 unspecified atom stereocenters. The number of esters is 1. The maximum Gasteiger partial charge on any atom is 0.338 e. The van der Waals surface area contributed by atoms with Crippen molar-refractivity contribution in [1.82, 2.24) is 15.2 Å². The minimum atomic E-state index is -2.97. The SMILES string of the molecule is CCOC(=O)C1=C(CN2CCC(CSCC=O)C(F)(F)C2)NC(c2nccs2)=N[C@H]1c1ccc(F)cc1Cl.CO. The van der Waals surface area contributed by atoms with E-state index in [2.05, 4.69) is 15.3 Å². The van der Waals surface area contributed by atoms with Crippen LogP contribution in [0.5, 0.6) is 0 Å². The number of piperidine rings is 1. The molecule has 2 aromatic rings. The van der Waals surface area contributed by atoms with Crippen LogP contribution in [0.2, 0.25) is 5.02 Å². The van der Waals surface area contributed by atoms with E-state index in [-0.39, 0.29) is 41.7 Å². The number of carbonyl (C=O) groups excluding carboxylic acids is 2. The molecule has 3 heterocycles. The van der Waals surface area contributed by atoms with Crippen molar-refractivity contribution in [2.24, 2.45) is 10.9 Å². The van der Waals surface area contributed by atoms with Gasteiger partial charge in [0.1, 0.15) is 18.1 Å². The van der Waals surface area contributed by atoms with E-state index in [0.29, 0.717) is 34.9 Å². The first-order valence-corrected chi connectivity index (χ1v) is 14.8. The van der Waals surface area contributed by atoms with Crippen molar-refractivity contribution in [3.63, 3.8) is 0 Å². The number of likely N-dealkylation sites (tertiary alicyclic amines) is 1. The van der Waals surface area contributed by atoms with Crippen molar-refractivity contribution in [3.8, 4) is 0 Å². The van der Waals surface area contributed by atoms with Gasteiger partial charge in [-0.05, 0) is 32.0 Å². The number of nitrogens with zero attached hydrogens (tertiary/aromatic N) is 3. The van der Waals surface area contributed by atoms with Crippen LogP contribution in [0.4, 0.5) is 13.2 Å². The van der Waals surface area contributed by atoms with E-state index in [1.165, 1.54) is 35.2 Å². The molecule has 1 fully saturated rings. The van der Waals surface area contributed by atoms with Crippen LogP contribution >= 0.6 is 34.7 Å². The van der Waals surface area contributed by atoms with Crippen LogP contribution in [0, 0.1) is 11.7 Å². The molecule has 2 aliphatic rings. The molecule has 0 bridgehead atoms. The van der Waals surface area contributed by atoms with E-state index in [9.17, 15) is 14.0 Å². The number of aliphatic hydroxyl groups excluding tert-OH is 1.